The number of hydrogen-bond donors (Lipinski definition) is 3. The Balaban J connectivity index is 2.22. The summed E-state index contributed by atoms with van der Waals surface area (Å²) in [4.78, 5) is 11.5. The Labute approximate surface area is 105 Å². The molecule has 1 amide bonds. The van der Waals surface area contributed by atoms with Gasteiger partial charge in [-0.15, -0.1) is 0 Å². The van der Waals surface area contributed by atoms with Crippen LogP contribution in [0.15, 0.2) is 18.2 Å². The minimum Gasteiger partial charge on any atom is -0.479 e. The third-order valence-corrected chi connectivity index (χ3v) is 2.70. The molecule has 0 radical (unpaired) electrons. The van der Waals surface area contributed by atoms with Gasteiger partial charge >= 0.3 is 0 Å². The van der Waals surface area contributed by atoms with Crippen LogP contribution in [0.4, 0.5) is 11.4 Å². The van der Waals surface area contributed by atoms with Gasteiger partial charge in [0.2, 0.25) is 0 Å². The molecule has 0 saturated heterocycles. The van der Waals surface area contributed by atoms with E-state index in [1.807, 2.05) is 6.07 Å². The molecule has 1 aliphatic rings. The van der Waals surface area contributed by atoms with Crippen LogP contribution in [-0.2, 0) is 4.79 Å². The summed E-state index contributed by atoms with van der Waals surface area (Å²) in [5.74, 6) is 0.517. The molecule has 0 unspecified atom stereocenters. The molecule has 0 saturated carbocycles. The first-order valence-electron chi connectivity index (χ1n) is 5.20. The van der Waals surface area contributed by atoms with Gasteiger partial charge in [-0.05, 0) is 37.3 Å². The number of nitrogens with one attached hydrogen (secondary N) is 3. The van der Waals surface area contributed by atoms with Crippen molar-refractivity contribution >= 4 is 34.6 Å². The zero-order chi connectivity index (χ0) is 12.4. The third kappa shape index (κ3) is 2.47. The van der Waals surface area contributed by atoms with Gasteiger partial charge < -0.3 is 20.7 Å². The number of carbonyl (C=O) groups is 1. The lowest BCUT2D eigenvalue weighted by molar-refractivity contribution is -0.122. The molecule has 0 spiro atoms. The van der Waals surface area contributed by atoms with E-state index in [2.05, 4.69) is 16.0 Å². The zero-order valence-electron chi connectivity index (χ0n) is 9.53. The molecule has 90 valence electrons. The Hall–Kier alpha value is -1.82. The Kier molecular flexibility index (Phi) is 3.14. The molecular formula is C11H13N3O2S. The summed E-state index contributed by atoms with van der Waals surface area (Å²) in [7, 11) is 1.74. The van der Waals surface area contributed by atoms with E-state index in [-0.39, 0.29) is 5.91 Å². The monoisotopic (exact) mass is 251 g/mol. The fraction of sp³-hybridized carbons (Fsp3) is 0.273. The van der Waals surface area contributed by atoms with Gasteiger partial charge in [0.1, 0.15) is 5.75 Å². The fourth-order valence-electron chi connectivity index (χ4n) is 1.48. The number of benzene rings is 1. The molecule has 0 fully saturated rings. The number of fused-ring (bicyclic) bond motifs is 1. The third-order valence-electron chi connectivity index (χ3n) is 2.40. The zero-order valence-corrected chi connectivity index (χ0v) is 10.4. The quantitative estimate of drug-likeness (QED) is 0.657. The predicted octanol–water partition coefficient (Wildman–Crippen LogP) is 1.32. The molecule has 0 bridgehead atoms. The van der Waals surface area contributed by atoms with Crippen LogP contribution < -0.4 is 20.7 Å². The van der Waals surface area contributed by atoms with Crippen molar-refractivity contribution in [1.82, 2.24) is 5.32 Å². The lowest BCUT2D eigenvalue weighted by Gasteiger charge is -2.23. The lowest BCUT2D eigenvalue weighted by atomic mass is 10.2. The van der Waals surface area contributed by atoms with Crippen LogP contribution in [0.3, 0.4) is 0 Å². The molecule has 1 aromatic rings. The van der Waals surface area contributed by atoms with Crippen LogP contribution in [0.25, 0.3) is 0 Å². The van der Waals surface area contributed by atoms with E-state index in [0.29, 0.717) is 16.5 Å². The van der Waals surface area contributed by atoms with Crippen LogP contribution in [0, 0.1) is 0 Å². The molecular weight excluding hydrogens is 238 g/mol. The fourth-order valence-corrected chi connectivity index (χ4v) is 1.60. The minimum absolute atomic E-state index is 0.147. The van der Waals surface area contributed by atoms with Gasteiger partial charge in [0, 0.05) is 12.7 Å². The van der Waals surface area contributed by atoms with Gasteiger partial charge in [0.25, 0.3) is 5.91 Å². The number of thiocarbonyl (C=S) groups is 1. The summed E-state index contributed by atoms with van der Waals surface area (Å²) in [6.07, 6.45) is -0.459. The molecule has 1 aliphatic heterocycles. The number of amides is 1. The second kappa shape index (κ2) is 4.58. The van der Waals surface area contributed by atoms with E-state index in [9.17, 15) is 4.79 Å². The maximum absolute atomic E-state index is 11.5. The normalized spacial score (nSPS) is 17.5. The molecule has 2 rings (SSSR count). The molecule has 1 aromatic carbocycles. The highest BCUT2D eigenvalue weighted by Crippen LogP contribution is 2.31. The van der Waals surface area contributed by atoms with Crippen LogP contribution >= 0.6 is 12.2 Å². The SMILES string of the molecule is CNC(=S)Nc1ccc2c(c1)NC(=O)[C@@H](C)O2. The van der Waals surface area contributed by atoms with E-state index in [1.54, 1.807) is 26.1 Å². The summed E-state index contributed by atoms with van der Waals surface area (Å²) in [6, 6.07) is 5.42. The number of ether oxygens (including phenoxy) is 1. The Bertz CT molecular complexity index is 476. The average molecular weight is 251 g/mol. The summed E-state index contributed by atoms with van der Waals surface area (Å²) < 4.78 is 5.44. The number of hydrogen-bond acceptors (Lipinski definition) is 3. The Morgan fingerprint density at radius 2 is 2.29 bits per heavy atom. The maximum Gasteiger partial charge on any atom is 0.265 e. The van der Waals surface area contributed by atoms with Gasteiger partial charge in [-0.1, -0.05) is 0 Å². The summed E-state index contributed by atoms with van der Waals surface area (Å²) in [6.45, 7) is 1.71. The van der Waals surface area contributed by atoms with Crippen molar-refractivity contribution in [1.29, 1.82) is 0 Å². The molecule has 1 heterocycles. The van der Waals surface area contributed by atoms with Crippen molar-refractivity contribution in [2.45, 2.75) is 13.0 Å². The molecule has 3 N–H and O–H groups in total. The first-order chi connectivity index (χ1) is 8.10. The smallest absolute Gasteiger partial charge is 0.265 e. The summed E-state index contributed by atoms with van der Waals surface area (Å²) in [5, 5.41) is 9.08. The van der Waals surface area contributed by atoms with Gasteiger partial charge in [-0.2, -0.15) is 0 Å². The van der Waals surface area contributed by atoms with Crippen molar-refractivity contribution in [3.63, 3.8) is 0 Å². The van der Waals surface area contributed by atoms with Crippen molar-refractivity contribution in [3.8, 4) is 5.75 Å². The summed E-state index contributed by atoms with van der Waals surface area (Å²) >= 11 is 4.99. The van der Waals surface area contributed by atoms with Crippen LogP contribution in [-0.4, -0.2) is 24.2 Å². The standard InChI is InChI=1S/C11H13N3O2S/c1-6-10(15)14-8-5-7(13-11(17)12-2)3-4-9(8)16-6/h3-6H,1-2H3,(H,14,15)(H2,12,13,17)/t6-/m1/s1. The molecule has 0 aliphatic carbocycles. The van der Waals surface area contributed by atoms with Crippen molar-refractivity contribution < 1.29 is 9.53 Å². The maximum atomic E-state index is 11.5. The lowest BCUT2D eigenvalue weighted by Crippen LogP contribution is -2.34. The molecule has 0 aromatic heterocycles. The van der Waals surface area contributed by atoms with Gasteiger partial charge in [0.15, 0.2) is 11.2 Å². The first-order valence-corrected chi connectivity index (χ1v) is 5.61. The molecule has 1 atom stereocenters. The Morgan fingerprint density at radius 1 is 1.53 bits per heavy atom. The average Bonchev–Trinajstić information content (AvgIpc) is 2.31. The number of rotatable bonds is 1. The molecule has 17 heavy (non-hydrogen) atoms. The minimum atomic E-state index is -0.459. The van der Waals surface area contributed by atoms with Crippen LogP contribution in [0.2, 0.25) is 0 Å². The predicted molar refractivity (Wildman–Crippen MR) is 70.4 cm³/mol. The van der Waals surface area contributed by atoms with Crippen molar-refractivity contribution in [2.75, 3.05) is 17.7 Å². The van der Waals surface area contributed by atoms with E-state index >= 15 is 0 Å². The molecule has 6 heteroatoms. The van der Waals surface area contributed by atoms with Crippen molar-refractivity contribution in [3.05, 3.63) is 18.2 Å². The number of anilines is 2. The highest BCUT2D eigenvalue weighted by atomic mass is 32.1. The summed E-state index contributed by atoms with van der Waals surface area (Å²) in [5.41, 5.74) is 1.44. The second-order valence-corrected chi connectivity index (χ2v) is 4.07. The topological polar surface area (TPSA) is 62.4 Å². The van der Waals surface area contributed by atoms with E-state index in [1.165, 1.54) is 0 Å². The van der Waals surface area contributed by atoms with Crippen LogP contribution in [0.1, 0.15) is 6.92 Å². The highest BCUT2D eigenvalue weighted by Gasteiger charge is 2.23. The highest BCUT2D eigenvalue weighted by molar-refractivity contribution is 7.80. The van der Waals surface area contributed by atoms with E-state index in [0.717, 1.165) is 5.69 Å². The molecule has 5 nitrogen and oxygen atoms in total. The Morgan fingerprint density at radius 3 is 3.00 bits per heavy atom. The van der Waals surface area contributed by atoms with Gasteiger partial charge in [-0.25, -0.2) is 0 Å². The van der Waals surface area contributed by atoms with Crippen LogP contribution in [0.5, 0.6) is 5.75 Å². The first kappa shape index (κ1) is 11.7. The largest absolute Gasteiger partial charge is 0.479 e. The van der Waals surface area contributed by atoms with E-state index < -0.39 is 6.10 Å². The van der Waals surface area contributed by atoms with Crippen molar-refractivity contribution in [2.24, 2.45) is 0 Å². The van der Waals surface area contributed by atoms with Gasteiger partial charge in [-0.3, -0.25) is 4.79 Å². The van der Waals surface area contributed by atoms with E-state index in [4.69, 9.17) is 17.0 Å². The van der Waals surface area contributed by atoms with Gasteiger partial charge in [0.05, 0.1) is 5.69 Å². The second-order valence-electron chi connectivity index (χ2n) is 3.66. The number of carbonyl (C=O) groups excluding carboxylic acids is 1.